The van der Waals surface area contributed by atoms with E-state index in [1.165, 1.54) is 12.8 Å². The maximum absolute atomic E-state index is 11.9. The van der Waals surface area contributed by atoms with Crippen LogP contribution in [0.15, 0.2) is 4.52 Å². The van der Waals surface area contributed by atoms with Gasteiger partial charge in [-0.2, -0.15) is 0 Å². The molecule has 1 aromatic rings. The number of nitrogens with one attached hydrogen (secondary N) is 2. The monoisotopic (exact) mass is 265 g/mol. The van der Waals surface area contributed by atoms with Crippen LogP contribution in [0.1, 0.15) is 43.7 Å². The van der Waals surface area contributed by atoms with Crippen LogP contribution in [0.2, 0.25) is 0 Å². The van der Waals surface area contributed by atoms with Gasteiger partial charge in [-0.15, -0.1) is 0 Å². The molecule has 1 amide bonds. The topological polar surface area (TPSA) is 67.2 Å². The van der Waals surface area contributed by atoms with Crippen molar-refractivity contribution < 1.29 is 9.32 Å². The lowest BCUT2D eigenvalue weighted by Crippen LogP contribution is -2.33. The van der Waals surface area contributed by atoms with E-state index >= 15 is 0 Å². The fourth-order valence-electron chi connectivity index (χ4n) is 2.13. The molecule has 2 N–H and O–H groups in total. The molecule has 0 saturated heterocycles. The van der Waals surface area contributed by atoms with Gasteiger partial charge < -0.3 is 15.2 Å². The molecule has 1 heterocycles. The molecule has 1 aliphatic carbocycles. The molecule has 2 rings (SSSR count). The summed E-state index contributed by atoms with van der Waals surface area (Å²) in [4.78, 5) is 11.9. The molecule has 0 spiro atoms. The van der Waals surface area contributed by atoms with Crippen molar-refractivity contribution in [3.63, 3.8) is 0 Å². The normalized spacial score (nSPS) is 14.6. The summed E-state index contributed by atoms with van der Waals surface area (Å²) in [5.74, 6) is 0.883. The van der Waals surface area contributed by atoms with Crippen LogP contribution in [-0.2, 0) is 24.1 Å². The summed E-state index contributed by atoms with van der Waals surface area (Å²) in [5.41, 5.74) is 1.88. The highest BCUT2D eigenvalue weighted by molar-refractivity contribution is 5.79. The van der Waals surface area contributed by atoms with Crippen molar-refractivity contribution >= 4 is 5.91 Å². The van der Waals surface area contributed by atoms with Crippen LogP contribution < -0.4 is 10.6 Å². The zero-order valence-electron chi connectivity index (χ0n) is 11.8. The third-order valence-electron chi connectivity index (χ3n) is 3.40. The van der Waals surface area contributed by atoms with Gasteiger partial charge in [-0.05, 0) is 19.3 Å². The van der Waals surface area contributed by atoms with Crippen LogP contribution in [0, 0.1) is 0 Å². The Labute approximate surface area is 114 Å². The summed E-state index contributed by atoms with van der Waals surface area (Å²) in [7, 11) is 0. The molecule has 5 heteroatoms. The van der Waals surface area contributed by atoms with Gasteiger partial charge in [0, 0.05) is 31.1 Å². The van der Waals surface area contributed by atoms with Gasteiger partial charge in [0.15, 0.2) is 0 Å². The lowest BCUT2D eigenvalue weighted by atomic mass is 10.1. The number of aromatic nitrogens is 1. The van der Waals surface area contributed by atoms with E-state index in [9.17, 15) is 4.79 Å². The van der Waals surface area contributed by atoms with Crippen molar-refractivity contribution in [3.8, 4) is 0 Å². The highest BCUT2D eigenvalue weighted by Gasteiger charge is 2.20. The van der Waals surface area contributed by atoms with E-state index in [1.54, 1.807) is 0 Å². The lowest BCUT2D eigenvalue weighted by Gasteiger charge is -2.06. The highest BCUT2D eigenvalue weighted by Crippen LogP contribution is 2.18. The van der Waals surface area contributed by atoms with Crippen LogP contribution in [-0.4, -0.2) is 30.2 Å². The van der Waals surface area contributed by atoms with Gasteiger partial charge >= 0.3 is 0 Å². The Morgan fingerprint density at radius 1 is 1.32 bits per heavy atom. The summed E-state index contributed by atoms with van der Waals surface area (Å²) < 4.78 is 5.26. The molecule has 1 aromatic heterocycles. The molecule has 0 aliphatic heterocycles. The summed E-state index contributed by atoms with van der Waals surface area (Å²) in [6, 6.07) is 0.688. The molecule has 0 unspecified atom stereocenters. The number of nitrogens with zero attached hydrogens (tertiary/aromatic N) is 1. The zero-order chi connectivity index (χ0) is 13.7. The number of carbonyl (C=O) groups excluding carboxylic acids is 1. The first kappa shape index (κ1) is 14.1. The second-order valence-electron chi connectivity index (χ2n) is 4.99. The Morgan fingerprint density at radius 2 is 2.11 bits per heavy atom. The van der Waals surface area contributed by atoms with Crippen molar-refractivity contribution in [3.05, 3.63) is 17.0 Å². The molecule has 0 bridgehead atoms. The molecule has 1 fully saturated rings. The van der Waals surface area contributed by atoms with Gasteiger partial charge in [-0.25, -0.2) is 0 Å². The maximum Gasteiger partial charge on any atom is 0.224 e. The summed E-state index contributed by atoms with van der Waals surface area (Å²) in [6.45, 7) is 5.57. The largest absolute Gasteiger partial charge is 0.361 e. The predicted molar refractivity (Wildman–Crippen MR) is 73.0 cm³/mol. The van der Waals surface area contributed by atoms with Crippen molar-refractivity contribution in [2.75, 3.05) is 13.1 Å². The van der Waals surface area contributed by atoms with Gasteiger partial charge in [0.2, 0.25) is 5.91 Å². The van der Waals surface area contributed by atoms with E-state index in [1.807, 2.05) is 13.8 Å². The summed E-state index contributed by atoms with van der Waals surface area (Å²) in [5, 5.41) is 10.3. The molecular weight excluding hydrogens is 242 g/mol. The van der Waals surface area contributed by atoms with Gasteiger partial charge in [0.05, 0.1) is 12.1 Å². The van der Waals surface area contributed by atoms with Crippen molar-refractivity contribution in [2.24, 2.45) is 0 Å². The maximum atomic E-state index is 11.9. The van der Waals surface area contributed by atoms with Crippen molar-refractivity contribution in [1.82, 2.24) is 15.8 Å². The predicted octanol–water partition coefficient (Wildman–Crippen LogP) is 1.21. The number of amides is 1. The minimum absolute atomic E-state index is 0.0465. The first-order valence-corrected chi connectivity index (χ1v) is 7.21. The first-order valence-electron chi connectivity index (χ1n) is 7.21. The van der Waals surface area contributed by atoms with Crippen LogP contribution in [0.4, 0.5) is 0 Å². The van der Waals surface area contributed by atoms with E-state index in [2.05, 4.69) is 15.8 Å². The molecular formula is C14H23N3O2. The second kappa shape index (κ2) is 6.70. The van der Waals surface area contributed by atoms with Gasteiger partial charge in [-0.3, -0.25) is 4.79 Å². The van der Waals surface area contributed by atoms with Crippen LogP contribution in [0.3, 0.4) is 0 Å². The van der Waals surface area contributed by atoms with E-state index in [-0.39, 0.29) is 5.91 Å². The Morgan fingerprint density at radius 3 is 2.74 bits per heavy atom. The third-order valence-corrected chi connectivity index (χ3v) is 3.40. The summed E-state index contributed by atoms with van der Waals surface area (Å²) >= 11 is 0. The second-order valence-corrected chi connectivity index (χ2v) is 4.99. The number of hydrogen-bond donors (Lipinski definition) is 2. The van der Waals surface area contributed by atoms with Crippen molar-refractivity contribution in [2.45, 2.75) is 52.0 Å². The van der Waals surface area contributed by atoms with Crippen LogP contribution in [0.25, 0.3) is 0 Å². The number of hydrogen-bond acceptors (Lipinski definition) is 4. The Balaban J connectivity index is 1.78. The lowest BCUT2D eigenvalue weighted by molar-refractivity contribution is -0.120. The molecule has 106 valence electrons. The average molecular weight is 265 g/mol. The van der Waals surface area contributed by atoms with E-state index < -0.39 is 0 Å². The standard InChI is InChI=1S/C14H23N3O2/c1-3-12-11(13(4-2)19-17-12)9-14(18)16-8-7-15-10-5-6-10/h10,15H,3-9H2,1-2H3,(H,16,18). The Kier molecular flexibility index (Phi) is 4.96. The molecule has 19 heavy (non-hydrogen) atoms. The van der Waals surface area contributed by atoms with E-state index in [4.69, 9.17) is 4.52 Å². The first-order chi connectivity index (χ1) is 9.24. The molecule has 1 saturated carbocycles. The molecule has 5 nitrogen and oxygen atoms in total. The zero-order valence-corrected chi connectivity index (χ0v) is 11.8. The van der Waals surface area contributed by atoms with Gasteiger partial charge in [0.1, 0.15) is 5.76 Å². The number of aryl methyl sites for hydroxylation is 2. The van der Waals surface area contributed by atoms with Crippen LogP contribution >= 0.6 is 0 Å². The molecule has 0 atom stereocenters. The van der Waals surface area contributed by atoms with Gasteiger partial charge in [0.25, 0.3) is 0 Å². The fourth-order valence-corrected chi connectivity index (χ4v) is 2.13. The SMILES string of the molecule is CCc1noc(CC)c1CC(=O)NCCNC1CC1. The third kappa shape index (κ3) is 4.06. The van der Waals surface area contributed by atoms with E-state index in [0.29, 0.717) is 19.0 Å². The molecule has 1 aliphatic rings. The minimum Gasteiger partial charge on any atom is -0.361 e. The average Bonchev–Trinajstić information content (AvgIpc) is 3.15. The number of rotatable bonds is 8. The summed E-state index contributed by atoms with van der Waals surface area (Å²) in [6.07, 6.45) is 4.50. The molecule has 0 aromatic carbocycles. The Hall–Kier alpha value is -1.36. The smallest absolute Gasteiger partial charge is 0.224 e. The highest BCUT2D eigenvalue weighted by atomic mass is 16.5. The van der Waals surface area contributed by atoms with Crippen molar-refractivity contribution in [1.29, 1.82) is 0 Å². The number of carbonyl (C=O) groups is 1. The Bertz CT molecular complexity index is 403. The molecule has 0 radical (unpaired) electrons. The quantitative estimate of drug-likeness (QED) is 0.693. The van der Waals surface area contributed by atoms with Gasteiger partial charge in [-0.1, -0.05) is 19.0 Å². The fraction of sp³-hybridized carbons (Fsp3) is 0.714. The minimum atomic E-state index is 0.0465. The van der Waals surface area contributed by atoms with Crippen LogP contribution in [0.5, 0.6) is 0 Å². The van der Waals surface area contributed by atoms with E-state index in [0.717, 1.165) is 36.4 Å².